The lowest BCUT2D eigenvalue weighted by molar-refractivity contribution is 0.102. The zero-order valence-electron chi connectivity index (χ0n) is 14.0. The van der Waals surface area contributed by atoms with Crippen LogP contribution in [0.15, 0.2) is 36.7 Å². The number of hydrogen-bond donors (Lipinski definition) is 1. The molecule has 1 aliphatic heterocycles. The number of likely N-dealkylation sites (tertiary alicyclic amines) is 1. The molecule has 7 nitrogen and oxygen atoms in total. The summed E-state index contributed by atoms with van der Waals surface area (Å²) in [6.45, 7) is 3.09. The van der Waals surface area contributed by atoms with Crippen LogP contribution in [0.25, 0.3) is 0 Å². The summed E-state index contributed by atoms with van der Waals surface area (Å²) in [6, 6.07) is 9.49. The van der Waals surface area contributed by atoms with Gasteiger partial charge in [0.25, 0.3) is 5.88 Å². The highest BCUT2D eigenvalue weighted by atomic mass is 16.5. The SMILES string of the molecule is Cc1cccc(NC(=O)N2CCCC(Oc3nccnc3C#N)C2)c1. The number of piperidine rings is 1. The van der Waals surface area contributed by atoms with Gasteiger partial charge in [-0.1, -0.05) is 12.1 Å². The molecule has 0 spiro atoms. The van der Waals surface area contributed by atoms with Gasteiger partial charge in [0.05, 0.1) is 6.54 Å². The lowest BCUT2D eigenvalue weighted by Crippen LogP contribution is -2.46. The Morgan fingerprint density at radius 1 is 1.40 bits per heavy atom. The van der Waals surface area contributed by atoms with Gasteiger partial charge in [-0.05, 0) is 37.5 Å². The van der Waals surface area contributed by atoms with Crippen LogP contribution in [0.2, 0.25) is 0 Å². The second-order valence-corrected chi connectivity index (χ2v) is 5.95. The minimum absolute atomic E-state index is 0.154. The number of anilines is 1. The second-order valence-electron chi connectivity index (χ2n) is 5.95. The maximum Gasteiger partial charge on any atom is 0.321 e. The maximum absolute atomic E-state index is 12.5. The molecule has 1 fully saturated rings. The van der Waals surface area contributed by atoms with E-state index in [1.807, 2.05) is 37.3 Å². The van der Waals surface area contributed by atoms with Crippen LogP contribution in [0.1, 0.15) is 24.1 Å². The van der Waals surface area contributed by atoms with E-state index < -0.39 is 0 Å². The molecule has 128 valence electrons. The predicted molar refractivity (Wildman–Crippen MR) is 92.2 cm³/mol. The van der Waals surface area contributed by atoms with Crippen LogP contribution in [-0.4, -0.2) is 40.1 Å². The molecule has 3 rings (SSSR count). The minimum atomic E-state index is -0.208. The quantitative estimate of drug-likeness (QED) is 0.930. The highest BCUT2D eigenvalue weighted by molar-refractivity contribution is 5.89. The van der Waals surface area contributed by atoms with Gasteiger partial charge in [-0.15, -0.1) is 0 Å². The summed E-state index contributed by atoms with van der Waals surface area (Å²) in [5.74, 6) is 0.218. The Bertz CT molecular complexity index is 802. The van der Waals surface area contributed by atoms with E-state index in [-0.39, 0.29) is 23.7 Å². The van der Waals surface area contributed by atoms with E-state index in [2.05, 4.69) is 15.3 Å². The topological polar surface area (TPSA) is 91.1 Å². The van der Waals surface area contributed by atoms with E-state index in [9.17, 15) is 4.79 Å². The molecule has 2 heterocycles. The van der Waals surface area contributed by atoms with Gasteiger partial charge in [0.1, 0.15) is 12.2 Å². The van der Waals surface area contributed by atoms with Crippen molar-refractivity contribution >= 4 is 11.7 Å². The van der Waals surface area contributed by atoms with Gasteiger partial charge in [-0.2, -0.15) is 5.26 Å². The van der Waals surface area contributed by atoms with Crippen molar-refractivity contribution in [1.82, 2.24) is 14.9 Å². The van der Waals surface area contributed by atoms with Crippen molar-refractivity contribution in [3.8, 4) is 11.9 Å². The van der Waals surface area contributed by atoms with Crippen LogP contribution in [0.3, 0.4) is 0 Å². The largest absolute Gasteiger partial charge is 0.470 e. The molecule has 1 atom stereocenters. The Balaban J connectivity index is 1.63. The molecule has 1 saturated heterocycles. The fourth-order valence-electron chi connectivity index (χ4n) is 2.79. The number of nitrogens with zero attached hydrogens (tertiary/aromatic N) is 4. The Hall–Kier alpha value is -3.14. The second kappa shape index (κ2) is 7.62. The predicted octanol–water partition coefficient (Wildman–Crippen LogP) is 2.73. The fourth-order valence-corrected chi connectivity index (χ4v) is 2.79. The maximum atomic E-state index is 12.5. The third-order valence-corrected chi connectivity index (χ3v) is 3.98. The number of ether oxygens (including phenoxy) is 1. The zero-order chi connectivity index (χ0) is 17.6. The zero-order valence-corrected chi connectivity index (χ0v) is 14.0. The van der Waals surface area contributed by atoms with Crippen molar-refractivity contribution in [3.63, 3.8) is 0 Å². The first-order valence-corrected chi connectivity index (χ1v) is 8.16. The molecule has 2 amide bonds. The number of carbonyl (C=O) groups is 1. The van der Waals surface area contributed by atoms with Gasteiger partial charge in [-0.25, -0.2) is 14.8 Å². The summed E-state index contributed by atoms with van der Waals surface area (Å²) in [6.07, 6.45) is 4.36. The summed E-state index contributed by atoms with van der Waals surface area (Å²) >= 11 is 0. The van der Waals surface area contributed by atoms with Crippen LogP contribution in [0.4, 0.5) is 10.5 Å². The van der Waals surface area contributed by atoms with E-state index in [1.54, 1.807) is 4.90 Å². The number of amides is 2. The normalized spacial score (nSPS) is 16.8. The molecule has 25 heavy (non-hydrogen) atoms. The first-order valence-electron chi connectivity index (χ1n) is 8.16. The summed E-state index contributed by atoms with van der Waals surface area (Å²) in [4.78, 5) is 22.2. The van der Waals surface area contributed by atoms with Crippen molar-refractivity contribution in [2.24, 2.45) is 0 Å². The summed E-state index contributed by atoms with van der Waals surface area (Å²) in [5.41, 5.74) is 2.02. The van der Waals surface area contributed by atoms with Gasteiger partial charge in [0, 0.05) is 24.6 Å². The molecule has 0 aliphatic carbocycles. The van der Waals surface area contributed by atoms with Crippen LogP contribution >= 0.6 is 0 Å². The number of nitriles is 1. The van der Waals surface area contributed by atoms with Crippen LogP contribution in [0.5, 0.6) is 5.88 Å². The summed E-state index contributed by atoms with van der Waals surface area (Å²) in [5, 5.41) is 12.0. The number of hydrogen-bond acceptors (Lipinski definition) is 5. The molecule has 0 bridgehead atoms. The number of nitrogens with one attached hydrogen (secondary N) is 1. The molecular weight excluding hydrogens is 318 g/mol. The van der Waals surface area contributed by atoms with Crippen molar-refractivity contribution in [2.75, 3.05) is 18.4 Å². The Kier molecular flexibility index (Phi) is 5.09. The molecule has 1 N–H and O–H groups in total. The Morgan fingerprint density at radius 2 is 2.24 bits per heavy atom. The first kappa shape index (κ1) is 16.7. The van der Waals surface area contributed by atoms with E-state index >= 15 is 0 Å². The van der Waals surface area contributed by atoms with Crippen LogP contribution in [0, 0.1) is 18.3 Å². The minimum Gasteiger partial charge on any atom is -0.470 e. The smallest absolute Gasteiger partial charge is 0.321 e. The van der Waals surface area contributed by atoms with Crippen molar-refractivity contribution in [1.29, 1.82) is 5.26 Å². The number of aromatic nitrogens is 2. The Labute approximate surface area is 146 Å². The number of carbonyl (C=O) groups excluding carboxylic acids is 1. The van der Waals surface area contributed by atoms with E-state index in [4.69, 9.17) is 10.00 Å². The number of benzene rings is 1. The molecule has 2 aromatic rings. The highest BCUT2D eigenvalue weighted by Gasteiger charge is 2.26. The number of urea groups is 1. The monoisotopic (exact) mass is 337 g/mol. The van der Waals surface area contributed by atoms with E-state index in [1.165, 1.54) is 12.4 Å². The lowest BCUT2D eigenvalue weighted by Gasteiger charge is -2.32. The van der Waals surface area contributed by atoms with Gasteiger partial charge in [-0.3, -0.25) is 0 Å². The molecule has 1 aliphatic rings. The molecule has 0 radical (unpaired) electrons. The van der Waals surface area contributed by atoms with Crippen molar-refractivity contribution < 1.29 is 9.53 Å². The summed E-state index contributed by atoms with van der Waals surface area (Å²) < 4.78 is 5.81. The van der Waals surface area contributed by atoms with Crippen molar-refractivity contribution in [3.05, 3.63) is 47.9 Å². The first-order chi connectivity index (χ1) is 12.2. The van der Waals surface area contributed by atoms with Gasteiger partial charge < -0.3 is 15.0 Å². The van der Waals surface area contributed by atoms with Crippen LogP contribution in [-0.2, 0) is 0 Å². The average molecular weight is 337 g/mol. The molecule has 1 aromatic carbocycles. The molecule has 7 heteroatoms. The summed E-state index contributed by atoms with van der Waals surface area (Å²) in [7, 11) is 0. The number of rotatable bonds is 3. The highest BCUT2D eigenvalue weighted by Crippen LogP contribution is 2.19. The van der Waals surface area contributed by atoms with E-state index in [0.29, 0.717) is 13.1 Å². The third-order valence-electron chi connectivity index (χ3n) is 3.98. The number of aryl methyl sites for hydroxylation is 1. The van der Waals surface area contributed by atoms with Crippen LogP contribution < -0.4 is 10.1 Å². The van der Waals surface area contributed by atoms with Gasteiger partial charge in [0.2, 0.25) is 5.69 Å². The standard InChI is InChI=1S/C18H19N5O2/c1-13-4-2-5-14(10-13)22-18(24)23-9-3-6-15(12-23)25-17-16(11-19)20-7-8-21-17/h2,4-5,7-8,10,15H,3,6,9,12H2,1H3,(H,22,24). The molecule has 0 saturated carbocycles. The third kappa shape index (κ3) is 4.23. The lowest BCUT2D eigenvalue weighted by atomic mass is 10.1. The van der Waals surface area contributed by atoms with Crippen molar-refractivity contribution in [2.45, 2.75) is 25.9 Å². The average Bonchev–Trinajstić information content (AvgIpc) is 2.62. The Morgan fingerprint density at radius 3 is 3.04 bits per heavy atom. The molecular formula is C18H19N5O2. The van der Waals surface area contributed by atoms with E-state index in [0.717, 1.165) is 24.1 Å². The molecule has 1 aromatic heterocycles. The van der Waals surface area contributed by atoms with Gasteiger partial charge in [0.15, 0.2) is 0 Å². The van der Waals surface area contributed by atoms with Gasteiger partial charge >= 0.3 is 6.03 Å². The fraction of sp³-hybridized carbons (Fsp3) is 0.333. The molecule has 1 unspecified atom stereocenters.